The molecule has 35 heavy (non-hydrogen) atoms. The minimum absolute atomic E-state index is 0.111. The molecule has 5 heteroatoms. The van der Waals surface area contributed by atoms with Crippen LogP contribution in [0.25, 0.3) is 47.7 Å². The minimum Gasteiger partial charge on any atom is -0.458 e. The highest BCUT2D eigenvalue weighted by atomic mass is 32.1. The highest BCUT2D eigenvalue weighted by Gasteiger charge is 2.46. The van der Waals surface area contributed by atoms with Crippen molar-refractivity contribution < 1.29 is 9.47 Å². The van der Waals surface area contributed by atoms with E-state index in [2.05, 4.69) is 83.4 Å². The van der Waals surface area contributed by atoms with Crippen molar-refractivity contribution in [1.82, 2.24) is 4.57 Å². The largest absolute Gasteiger partial charge is 0.458 e. The van der Waals surface area contributed by atoms with E-state index >= 15 is 0 Å². The summed E-state index contributed by atoms with van der Waals surface area (Å²) in [4.78, 5) is 0. The Morgan fingerprint density at radius 2 is 1.26 bits per heavy atom. The topological polar surface area (TPSA) is 23.4 Å². The van der Waals surface area contributed by atoms with Crippen molar-refractivity contribution in [3.8, 4) is 28.7 Å². The van der Waals surface area contributed by atoms with Crippen molar-refractivity contribution in [2.75, 3.05) is 0 Å². The van der Waals surface area contributed by atoms with Gasteiger partial charge in [0.25, 0.3) is 6.71 Å². The van der Waals surface area contributed by atoms with Crippen molar-refractivity contribution in [1.29, 1.82) is 0 Å². The molecule has 0 spiro atoms. The molecule has 7 aromatic rings. The number of fused-ring (bicyclic) bond motifs is 8. The Kier molecular flexibility index (Phi) is 2.73. The lowest BCUT2D eigenvalue weighted by atomic mass is 9.33. The molecule has 0 aliphatic carbocycles. The van der Waals surface area contributed by atoms with Crippen LogP contribution in [0.5, 0.6) is 23.0 Å². The third kappa shape index (κ3) is 1.81. The van der Waals surface area contributed by atoms with Crippen molar-refractivity contribution >= 4 is 76.4 Å². The Hall–Kier alpha value is -4.22. The van der Waals surface area contributed by atoms with Crippen molar-refractivity contribution in [3.05, 3.63) is 84.9 Å². The van der Waals surface area contributed by atoms with E-state index in [0.29, 0.717) is 0 Å². The maximum Gasteiger partial charge on any atom is 0.266 e. The molecular formula is C30H14BNO2S. The predicted molar refractivity (Wildman–Crippen MR) is 145 cm³/mol. The summed E-state index contributed by atoms with van der Waals surface area (Å²) in [5, 5.41) is 5.22. The van der Waals surface area contributed by atoms with Gasteiger partial charge in [-0.25, -0.2) is 0 Å². The zero-order chi connectivity index (χ0) is 22.4. The molecule has 0 unspecified atom stereocenters. The molecule has 0 radical (unpaired) electrons. The Labute approximate surface area is 203 Å². The second kappa shape index (κ2) is 5.53. The summed E-state index contributed by atoms with van der Waals surface area (Å²) in [6, 6.07) is 30.4. The second-order valence-corrected chi connectivity index (χ2v) is 10.7. The van der Waals surface area contributed by atoms with Gasteiger partial charge in [-0.15, -0.1) is 11.3 Å². The summed E-state index contributed by atoms with van der Waals surface area (Å²) in [6.45, 7) is 0.111. The average molecular weight is 463 g/mol. The number of hydrogen-bond donors (Lipinski definition) is 0. The predicted octanol–water partition coefficient (Wildman–Crippen LogP) is 6.19. The fourth-order valence-electron chi connectivity index (χ4n) is 6.78. The van der Waals surface area contributed by atoms with E-state index in [9.17, 15) is 0 Å². The van der Waals surface area contributed by atoms with Crippen LogP contribution < -0.4 is 25.9 Å². The van der Waals surface area contributed by atoms with E-state index < -0.39 is 0 Å². The molecule has 5 heterocycles. The summed E-state index contributed by atoms with van der Waals surface area (Å²) in [5.41, 5.74) is 7.40. The molecule has 2 aromatic heterocycles. The van der Waals surface area contributed by atoms with E-state index in [1.807, 2.05) is 17.4 Å². The molecule has 0 saturated carbocycles. The normalized spacial score (nSPS) is 14.1. The van der Waals surface area contributed by atoms with E-state index in [1.54, 1.807) is 0 Å². The third-order valence-electron chi connectivity index (χ3n) is 8.05. The SMILES string of the molecule is c1cc2c3c(c1)Oc1ccc4c5ccc6sc7ccccc7c6c5n5c4c1B3c1c(cccc1-5)O2. The number of aromatic nitrogens is 1. The number of hydrogen-bond acceptors (Lipinski definition) is 3. The summed E-state index contributed by atoms with van der Waals surface area (Å²) in [7, 11) is 0. The first-order valence-corrected chi connectivity index (χ1v) is 12.7. The molecule has 160 valence electrons. The highest BCUT2D eigenvalue weighted by molar-refractivity contribution is 7.26. The van der Waals surface area contributed by atoms with Crippen LogP contribution in [-0.4, -0.2) is 11.3 Å². The fourth-order valence-corrected chi connectivity index (χ4v) is 7.89. The molecule has 5 aromatic carbocycles. The first-order valence-electron chi connectivity index (χ1n) is 11.9. The van der Waals surface area contributed by atoms with Crippen molar-refractivity contribution in [3.63, 3.8) is 0 Å². The third-order valence-corrected chi connectivity index (χ3v) is 9.18. The number of benzene rings is 5. The summed E-state index contributed by atoms with van der Waals surface area (Å²) >= 11 is 1.87. The standard InChI is InChI=1S/C30H14BNO2S/c1-2-10-23-17(5-1)25-24(35-23)14-12-15-16-11-13-22-28-30(16)32(29(15)25)18-6-3-7-19-26(18)31(28)27-20(33-19)8-4-9-21(27)34-22/h1-14H. The van der Waals surface area contributed by atoms with Crippen molar-refractivity contribution in [2.24, 2.45) is 0 Å². The van der Waals surface area contributed by atoms with Gasteiger partial charge in [0.1, 0.15) is 23.0 Å². The molecular weight excluding hydrogens is 449 g/mol. The van der Waals surface area contributed by atoms with Gasteiger partial charge >= 0.3 is 0 Å². The van der Waals surface area contributed by atoms with Gasteiger partial charge in [-0.3, -0.25) is 0 Å². The lowest BCUT2D eigenvalue weighted by molar-refractivity contribution is 0.464. The first-order chi connectivity index (χ1) is 17.4. The smallest absolute Gasteiger partial charge is 0.266 e. The van der Waals surface area contributed by atoms with E-state index in [-0.39, 0.29) is 6.71 Å². The summed E-state index contributed by atoms with van der Waals surface area (Å²) in [5.74, 6) is 3.69. The molecule has 0 saturated heterocycles. The van der Waals surface area contributed by atoms with E-state index in [1.165, 1.54) is 58.6 Å². The monoisotopic (exact) mass is 463 g/mol. The molecule has 0 atom stereocenters. The molecule has 0 bridgehead atoms. The Balaban J connectivity index is 1.52. The molecule has 10 rings (SSSR count). The number of ether oxygens (including phenoxy) is 2. The number of rotatable bonds is 0. The van der Waals surface area contributed by atoms with Crippen LogP contribution in [0.3, 0.4) is 0 Å². The van der Waals surface area contributed by atoms with Crippen molar-refractivity contribution in [2.45, 2.75) is 0 Å². The highest BCUT2D eigenvalue weighted by Crippen LogP contribution is 2.46. The van der Waals surface area contributed by atoms with Gasteiger partial charge in [-0.05, 0) is 59.5 Å². The van der Waals surface area contributed by atoms with Gasteiger partial charge in [0.2, 0.25) is 0 Å². The van der Waals surface area contributed by atoms with Crippen LogP contribution in [0, 0.1) is 0 Å². The maximum absolute atomic E-state index is 6.52. The lowest BCUT2D eigenvalue weighted by Crippen LogP contribution is -2.60. The Bertz CT molecular complexity index is 2120. The van der Waals surface area contributed by atoms with Gasteiger partial charge in [-0.2, -0.15) is 0 Å². The quantitative estimate of drug-likeness (QED) is 0.250. The molecule has 3 nitrogen and oxygen atoms in total. The number of thiophene rings is 1. The summed E-state index contributed by atoms with van der Waals surface area (Å²) in [6.07, 6.45) is 0. The maximum atomic E-state index is 6.52. The molecule has 3 aliphatic heterocycles. The molecule has 3 aliphatic rings. The van der Waals surface area contributed by atoms with Crippen LogP contribution in [0.1, 0.15) is 0 Å². The van der Waals surface area contributed by atoms with Gasteiger partial charge in [-0.1, -0.05) is 36.4 Å². The average Bonchev–Trinajstić information content (AvgIpc) is 3.44. The lowest BCUT2D eigenvalue weighted by Gasteiger charge is -2.37. The minimum atomic E-state index is 0.111. The molecule has 0 amide bonds. The van der Waals surface area contributed by atoms with Crippen LogP contribution in [0.4, 0.5) is 0 Å². The summed E-state index contributed by atoms with van der Waals surface area (Å²) < 4.78 is 18.1. The second-order valence-electron chi connectivity index (χ2n) is 9.64. The molecule has 0 fully saturated rings. The Morgan fingerprint density at radius 1 is 0.543 bits per heavy atom. The van der Waals surface area contributed by atoms with Gasteiger partial charge in [0, 0.05) is 42.1 Å². The fraction of sp³-hybridized carbons (Fsp3) is 0. The Morgan fingerprint density at radius 3 is 2.14 bits per heavy atom. The van der Waals surface area contributed by atoms with Crippen LogP contribution in [-0.2, 0) is 0 Å². The van der Waals surface area contributed by atoms with Crippen LogP contribution >= 0.6 is 11.3 Å². The van der Waals surface area contributed by atoms with Gasteiger partial charge in [0.05, 0.1) is 11.0 Å². The zero-order valence-corrected chi connectivity index (χ0v) is 19.1. The van der Waals surface area contributed by atoms with Crippen LogP contribution in [0.2, 0.25) is 0 Å². The van der Waals surface area contributed by atoms with E-state index in [4.69, 9.17) is 9.47 Å². The van der Waals surface area contributed by atoms with Gasteiger partial charge < -0.3 is 14.0 Å². The van der Waals surface area contributed by atoms with E-state index in [0.717, 1.165) is 28.5 Å². The van der Waals surface area contributed by atoms with Gasteiger partial charge in [0.15, 0.2) is 0 Å². The zero-order valence-electron chi connectivity index (χ0n) is 18.3. The van der Waals surface area contributed by atoms with Crippen LogP contribution in [0.15, 0.2) is 84.9 Å². The first kappa shape index (κ1) is 17.3. The molecule has 0 N–H and O–H groups in total. The number of nitrogens with zero attached hydrogens (tertiary/aromatic N) is 1.